The van der Waals surface area contributed by atoms with Crippen LogP contribution in [0, 0.1) is 0 Å². The van der Waals surface area contributed by atoms with Gasteiger partial charge in [-0.25, -0.2) is 0 Å². The Balaban J connectivity index is 0.00000162. The number of hydrogen-bond acceptors (Lipinski definition) is 3. The SMILES string of the molecule is CNCCCNC(=O)C1CSc2ccccc21.Cl. The molecule has 3 nitrogen and oxygen atoms in total. The molecule has 1 aliphatic heterocycles. The number of hydrogen-bond donors (Lipinski definition) is 2. The summed E-state index contributed by atoms with van der Waals surface area (Å²) in [5.41, 5.74) is 1.18. The predicted molar refractivity (Wildman–Crippen MR) is 78.7 cm³/mol. The highest BCUT2D eigenvalue weighted by Gasteiger charge is 2.28. The van der Waals surface area contributed by atoms with Crippen molar-refractivity contribution in [2.24, 2.45) is 0 Å². The lowest BCUT2D eigenvalue weighted by atomic mass is 10.0. The van der Waals surface area contributed by atoms with Crippen LogP contribution in [-0.4, -0.2) is 31.8 Å². The van der Waals surface area contributed by atoms with Gasteiger partial charge in [0.1, 0.15) is 0 Å². The van der Waals surface area contributed by atoms with Gasteiger partial charge >= 0.3 is 0 Å². The van der Waals surface area contributed by atoms with Gasteiger partial charge in [-0.1, -0.05) is 18.2 Å². The normalized spacial score (nSPS) is 16.8. The molecule has 1 amide bonds. The molecule has 0 spiro atoms. The number of benzene rings is 1. The number of carbonyl (C=O) groups excluding carboxylic acids is 1. The number of thioether (sulfide) groups is 1. The molecule has 0 radical (unpaired) electrons. The van der Waals surface area contributed by atoms with Crippen LogP contribution in [0.4, 0.5) is 0 Å². The molecule has 1 heterocycles. The van der Waals surface area contributed by atoms with Gasteiger partial charge in [-0.15, -0.1) is 24.2 Å². The highest BCUT2D eigenvalue weighted by atomic mass is 35.5. The Morgan fingerprint density at radius 1 is 1.39 bits per heavy atom. The Morgan fingerprint density at radius 2 is 2.17 bits per heavy atom. The van der Waals surface area contributed by atoms with Crippen LogP contribution in [0.25, 0.3) is 0 Å². The first kappa shape index (κ1) is 15.3. The van der Waals surface area contributed by atoms with Crippen LogP contribution in [0.5, 0.6) is 0 Å². The molecular formula is C13H19ClN2OS. The predicted octanol–water partition coefficient (Wildman–Crippen LogP) is 2.02. The van der Waals surface area contributed by atoms with Gasteiger partial charge in [0.05, 0.1) is 5.92 Å². The first-order valence-corrected chi connectivity index (χ1v) is 6.95. The van der Waals surface area contributed by atoms with E-state index in [4.69, 9.17) is 0 Å². The number of nitrogens with one attached hydrogen (secondary N) is 2. The van der Waals surface area contributed by atoms with Crippen LogP contribution in [0.2, 0.25) is 0 Å². The highest BCUT2D eigenvalue weighted by Crippen LogP contribution is 2.39. The summed E-state index contributed by atoms with van der Waals surface area (Å²) >= 11 is 1.77. The van der Waals surface area contributed by atoms with Gasteiger partial charge < -0.3 is 10.6 Å². The van der Waals surface area contributed by atoms with Crippen LogP contribution in [0.15, 0.2) is 29.2 Å². The fourth-order valence-electron chi connectivity index (χ4n) is 1.98. The van der Waals surface area contributed by atoms with Crippen LogP contribution in [0.3, 0.4) is 0 Å². The second-order valence-corrected chi connectivity index (χ2v) is 5.21. The van der Waals surface area contributed by atoms with Crippen molar-refractivity contribution in [3.05, 3.63) is 29.8 Å². The van der Waals surface area contributed by atoms with Crippen molar-refractivity contribution < 1.29 is 4.79 Å². The summed E-state index contributed by atoms with van der Waals surface area (Å²) in [6.07, 6.45) is 0.976. The monoisotopic (exact) mass is 286 g/mol. The second-order valence-electron chi connectivity index (χ2n) is 4.15. The Hall–Kier alpha value is -0.710. The number of carbonyl (C=O) groups is 1. The Morgan fingerprint density at radius 3 is 2.94 bits per heavy atom. The van der Waals surface area contributed by atoms with Gasteiger partial charge in [-0.2, -0.15) is 0 Å². The smallest absolute Gasteiger partial charge is 0.228 e. The standard InChI is InChI=1S/C13H18N2OS.ClH/c1-14-7-4-8-15-13(16)11-9-17-12-6-3-2-5-10(11)12;/h2-3,5-6,11,14H,4,7-9H2,1H3,(H,15,16);1H. The fraction of sp³-hybridized carbons (Fsp3) is 0.462. The lowest BCUT2D eigenvalue weighted by molar-refractivity contribution is -0.122. The number of rotatable bonds is 5. The number of halogens is 1. The molecule has 0 fully saturated rings. The summed E-state index contributed by atoms with van der Waals surface area (Å²) < 4.78 is 0. The molecule has 2 rings (SSSR count). The van der Waals surface area contributed by atoms with Gasteiger partial charge in [-0.3, -0.25) is 4.79 Å². The Labute approximate surface area is 119 Å². The van der Waals surface area contributed by atoms with E-state index in [0.717, 1.165) is 25.3 Å². The summed E-state index contributed by atoms with van der Waals surface area (Å²) in [7, 11) is 1.92. The van der Waals surface area contributed by atoms with Crippen molar-refractivity contribution in [3.8, 4) is 0 Å². The molecule has 1 atom stereocenters. The third-order valence-electron chi connectivity index (χ3n) is 2.92. The molecule has 0 saturated heterocycles. The number of amides is 1. The maximum atomic E-state index is 12.0. The van der Waals surface area contributed by atoms with Gasteiger partial charge in [0, 0.05) is 17.2 Å². The zero-order valence-corrected chi connectivity index (χ0v) is 12.1. The maximum absolute atomic E-state index is 12.0. The molecular weight excluding hydrogens is 268 g/mol. The maximum Gasteiger partial charge on any atom is 0.228 e. The topological polar surface area (TPSA) is 41.1 Å². The van der Waals surface area contributed by atoms with Gasteiger partial charge in [-0.05, 0) is 31.6 Å². The van der Waals surface area contributed by atoms with Gasteiger partial charge in [0.25, 0.3) is 0 Å². The fourth-order valence-corrected chi connectivity index (χ4v) is 3.21. The van der Waals surface area contributed by atoms with Crippen molar-refractivity contribution in [2.45, 2.75) is 17.2 Å². The molecule has 0 aliphatic carbocycles. The molecule has 0 saturated carbocycles. The van der Waals surface area contributed by atoms with Gasteiger partial charge in [0.15, 0.2) is 0 Å². The Bertz CT molecular complexity index is 400. The summed E-state index contributed by atoms with van der Waals surface area (Å²) in [5, 5.41) is 6.08. The molecule has 100 valence electrons. The summed E-state index contributed by atoms with van der Waals surface area (Å²) in [6, 6.07) is 8.19. The molecule has 1 unspecified atom stereocenters. The van der Waals surface area contributed by atoms with E-state index in [9.17, 15) is 4.79 Å². The first-order chi connectivity index (χ1) is 8.33. The van der Waals surface area contributed by atoms with Crippen molar-refractivity contribution >= 4 is 30.1 Å². The van der Waals surface area contributed by atoms with Crippen LogP contribution < -0.4 is 10.6 Å². The van der Waals surface area contributed by atoms with E-state index < -0.39 is 0 Å². The second kappa shape index (κ2) is 7.67. The lowest BCUT2D eigenvalue weighted by Gasteiger charge is -2.11. The molecule has 2 N–H and O–H groups in total. The zero-order chi connectivity index (χ0) is 12.1. The van der Waals surface area contributed by atoms with Crippen molar-refractivity contribution in [1.29, 1.82) is 0 Å². The third kappa shape index (κ3) is 3.64. The third-order valence-corrected chi connectivity index (χ3v) is 4.10. The van der Waals surface area contributed by atoms with E-state index in [1.54, 1.807) is 11.8 Å². The molecule has 1 aromatic carbocycles. The minimum Gasteiger partial charge on any atom is -0.355 e. The van der Waals surface area contributed by atoms with Crippen LogP contribution in [0.1, 0.15) is 17.9 Å². The molecule has 18 heavy (non-hydrogen) atoms. The molecule has 1 aromatic rings. The molecule has 5 heteroatoms. The molecule has 1 aliphatic rings. The van der Waals surface area contributed by atoms with Crippen LogP contribution >= 0.6 is 24.2 Å². The zero-order valence-electron chi connectivity index (χ0n) is 10.4. The van der Waals surface area contributed by atoms with E-state index in [-0.39, 0.29) is 24.2 Å². The van der Waals surface area contributed by atoms with Crippen molar-refractivity contribution in [2.75, 3.05) is 25.9 Å². The first-order valence-electron chi connectivity index (χ1n) is 5.97. The average Bonchev–Trinajstić information content (AvgIpc) is 2.78. The van der Waals surface area contributed by atoms with E-state index in [1.165, 1.54) is 10.5 Å². The highest BCUT2D eigenvalue weighted by molar-refractivity contribution is 7.99. The van der Waals surface area contributed by atoms with E-state index in [0.29, 0.717) is 0 Å². The van der Waals surface area contributed by atoms with Crippen molar-refractivity contribution in [3.63, 3.8) is 0 Å². The van der Waals surface area contributed by atoms with Gasteiger partial charge in [0.2, 0.25) is 5.91 Å². The van der Waals surface area contributed by atoms with Crippen molar-refractivity contribution in [1.82, 2.24) is 10.6 Å². The van der Waals surface area contributed by atoms with E-state index in [1.807, 2.05) is 19.2 Å². The van der Waals surface area contributed by atoms with Crippen LogP contribution in [-0.2, 0) is 4.79 Å². The average molecular weight is 287 g/mol. The molecule has 0 bridgehead atoms. The quantitative estimate of drug-likeness (QED) is 0.814. The largest absolute Gasteiger partial charge is 0.355 e. The van der Waals surface area contributed by atoms with E-state index >= 15 is 0 Å². The minimum atomic E-state index is 0. The Kier molecular flexibility index (Phi) is 6.54. The summed E-state index contributed by atoms with van der Waals surface area (Å²) in [5.74, 6) is 1.07. The minimum absolute atomic E-state index is 0. The summed E-state index contributed by atoms with van der Waals surface area (Å²) in [4.78, 5) is 13.3. The molecule has 0 aromatic heterocycles. The number of fused-ring (bicyclic) bond motifs is 1. The lowest BCUT2D eigenvalue weighted by Crippen LogP contribution is -2.31. The van der Waals surface area contributed by atoms with E-state index in [2.05, 4.69) is 22.8 Å². The summed E-state index contributed by atoms with van der Waals surface area (Å²) in [6.45, 7) is 1.69.